The lowest BCUT2D eigenvalue weighted by Crippen LogP contribution is -2.48. The molecule has 3 aromatic rings. The van der Waals surface area contributed by atoms with Crippen molar-refractivity contribution in [3.05, 3.63) is 77.8 Å². The number of carbonyl (C=O) groups excluding carboxylic acids is 2. The van der Waals surface area contributed by atoms with Gasteiger partial charge in [0.15, 0.2) is 0 Å². The minimum absolute atomic E-state index is 0.0117. The van der Waals surface area contributed by atoms with E-state index in [1.54, 1.807) is 10.8 Å². The molecule has 9 nitrogen and oxygen atoms in total. The highest BCUT2D eigenvalue weighted by Crippen LogP contribution is 2.39. The number of aromatic nitrogens is 2. The highest BCUT2D eigenvalue weighted by atomic mass is 19.1. The Hall–Kier alpha value is -3.67. The molecule has 0 aliphatic heterocycles. The zero-order valence-corrected chi connectivity index (χ0v) is 23.7. The van der Waals surface area contributed by atoms with Crippen LogP contribution in [0.15, 0.2) is 54.7 Å². The van der Waals surface area contributed by atoms with E-state index in [2.05, 4.69) is 0 Å². The van der Waals surface area contributed by atoms with Crippen molar-refractivity contribution in [1.82, 2.24) is 19.9 Å². The zero-order chi connectivity index (χ0) is 30.0. The highest BCUT2D eigenvalue weighted by molar-refractivity contribution is 5.81. The largest absolute Gasteiger partial charge is 0.387 e. The lowest BCUT2D eigenvalue weighted by Gasteiger charge is -2.40. The van der Waals surface area contributed by atoms with Crippen LogP contribution >= 0.6 is 0 Å². The van der Waals surface area contributed by atoms with Crippen LogP contribution in [0.2, 0.25) is 0 Å². The summed E-state index contributed by atoms with van der Waals surface area (Å²) < 4.78 is 30.6. The normalized spacial score (nSPS) is 12.7. The van der Waals surface area contributed by atoms with Crippen molar-refractivity contribution in [2.24, 2.45) is 17.0 Å². The number of halogens is 2. The van der Waals surface area contributed by atoms with Crippen molar-refractivity contribution in [3.8, 4) is 11.3 Å². The lowest BCUT2D eigenvalue weighted by atomic mass is 9.84. The number of nitrogens with zero attached hydrogens (tertiary/aromatic N) is 3. The molecular formula is C29H40F2N6O3. The Kier molecular flexibility index (Phi) is 11.9. The smallest absolute Gasteiger partial charge is 0.250 e. The quantitative estimate of drug-likeness (QED) is 0.171. The van der Waals surface area contributed by atoms with Gasteiger partial charge in [0.05, 0.1) is 17.8 Å². The van der Waals surface area contributed by atoms with Crippen LogP contribution in [0.4, 0.5) is 8.78 Å². The average Bonchev–Trinajstić information content (AvgIpc) is 3.34. The molecule has 3 rings (SSSR count). The van der Waals surface area contributed by atoms with Crippen molar-refractivity contribution in [1.29, 1.82) is 0 Å². The first-order valence-corrected chi connectivity index (χ1v) is 13.2. The fourth-order valence-electron chi connectivity index (χ4n) is 4.38. The molecule has 0 spiro atoms. The molecule has 1 aromatic heterocycles. The van der Waals surface area contributed by atoms with Gasteiger partial charge < -0.3 is 20.3 Å². The van der Waals surface area contributed by atoms with E-state index in [9.17, 15) is 23.5 Å². The van der Waals surface area contributed by atoms with Gasteiger partial charge in [0, 0.05) is 24.8 Å². The topological polar surface area (TPSA) is 140 Å². The maximum absolute atomic E-state index is 14.7. The van der Waals surface area contributed by atoms with Gasteiger partial charge in [0.1, 0.15) is 24.1 Å². The Bertz CT molecular complexity index is 1260. The van der Waals surface area contributed by atoms with Crippen molar-refractivity contribution in [3.63, 3.8) is 0 Å². The second-order valence-electron chi connectivity index (χ2n) is 10.1. The number of hydrogen-bond acceptors (Lipinski definition) is 6. The van der Waals surface area contributed by atoms with E-state index in [1.165, 1.54) is 4.90 Å². The summed E-state index contributed by atoms with van der Waals surface area (Å²) in [5.41, 5.74) is 8.37. The monoisotopic (exact) mass is 558 g/mol. The fourth-order valence-corrected chi connectivity index (χ4v) is 4.38. The van der Waals surface area contributed by atoms with Gasteiger partial charge in [0.2, 0.25) is 5.91 Å². The Morgan fingerprint density at radius 3 is 2.35 bits per heavy atom. The van der Waals surface area contributed by atoms with Crippen LogP contribution in [0.3, 0.4) is 0 Å². The zero-order valence-electron chi connectivity index (χ0n) is 23.7. The van der Waals surface area contributed by atoms with Crippen LogP contribution in [-0.2, 0) is 16.1 Å². The highest BCUT2D eigenvalue weighted by Gasteiger charge is 2.38. The second kappa shape index (κ2) is 14.6. The average molecular weight is 559 g/mol. The number of aliphatic hydroxyl groups excluding tert-OH is 1. The first-order valence-electron chi connectivity index (χ1n) is 13.2. The molecule has 0 aliphatic rings. The minimum Gasteiger partial charge on any atom is -0.387 e. The van der Waals surface area contributed by atoms with Gasteiger partial charge in [-0.05, 0) is 35.6 Å². The summed E-state index contributed by atoms with van der Waals surface area (Å²) in [7, 11) is 0. The molecule has 0 radical (unpaired) electrons. The summed E-state index contributed by atoms with van der Waals surface area (Å²) in [5.74, 6) is 3.14. The predicted molar refractivity (Wildman–Crippen MR) is 150 cm³/mol. The SMILES string of the molecule is CC.CC(C)(C)C(c1nc(-c2cc(F)ccc2F)cn1Cc1ccccc1)N(CCC(N)C(=O)NN)C(=O)CO. The molecule has 0 aliphatic carbocycles. The number of nitrogens with two attached hydrogens (primary N) is 2. The first kappa shape index (κ1) is 32.5. The van der Waals surface area contributed by atoms with Crippen LogP contribution in [0.5, 0.6) is 0 Å². The van der Waals surface area contributed by atoms with E-state index in [1.807, 2.05) is 70.4 Å². The number of nitrogens with one attached hydrogen (secondary N) is 1. The van der Waals surface area contributed by atoms with Gasteiger partial charge in [-0.1, -0.05) is 65.0 Å². The Balaban J connectivity index is 0.00000274. The van der Waals surface area contributed by atoms with Crippen molar-refractivity contribution < 1.29 is 23.5 Å². The van der Waals surface area contributed by atoms with Gasteiger partial charge in [0.25, 0.3) is 5.91 Å². The van der Waals surface area contributed by atoms with Gasteiger partial charge in [-0.25, -0.2) is 19.6 Å². The van der Waals surface area contributed by atoms with Gasteiger partial charge in [-0.3, -0.25) is 15.0 Å². The maximum Gasteiger partial charge on any atom is 0.250 e. The lowest BCUT2D eigenvalue weighted by molar-refractivity contribution is -0.140. The Labute approximate surface area is 234 Å². The van der Waals surface area contributed by atoms with E-state index in [4.69, 9.17) is 16.6 Å². The molecule has 11 heteroatoms. The molecule has 218 valence electrons. The van der Waals surface area contributed by atoms with Crippen LogP contribution in [0, 0.1) is 17.0 Å². The number of imidazole rings is 1. The van der Waals surface area contributed by atoms with E-state index in [0.29, 0.717) is 12.4 Å². The second-order valence-corrected chi connectivity index (χ2v) is 10.1. The van der Waals surface area contributed by atoms with Gasteiger partial charge >= 0.3 is 0 Å². The molecule has 2 aromatic carbocycles. The molecule has 2 unspecified atom stereocenters. The molecule has 1 heterocycles. The molecule has 0 fully saturated rings. The van der Waals surface area contributed by atoms with E-state index in [-0.39, 0.29) is 24.2 Å². The summed E-state index contributed by atoms with van der Waals surface area (Å²) >= 11 is 0. The molecule has 0 saturated heterocycles. The third-order valence-corrected chi connectivity index (χ3v) is 6.20. The third kappa shape index (κ3) is 8.17. The number of aliphatic hydroxyl groups is 1. The molecule has 0 saturated carbocycles. The van der Waals surface area contributed by atoms with Crippen LogP contribution in [-0.4, -0.2) is 50.6 Å². The number of amides is 2. The van der Waals surface area contributed by atoms with Crippen LogP contribution in [0.1, 0.15) is 58.5 Å². The molecular weight excluding hydrogens is 518 g/mol. The number of rotatable bonds is 10. The molecule has 6 N–H and O–H groups in total. The van der Waals surface area contributed by atoms with Crippen molar-refractivity contribution in [2.45, 2.75) is 59.7 Å². The Morgan fingerprint density at radius 1 is 1.12 bits per heavy atom. The van der Waals surface area contributed by atoms with E-state index >= 15 is 0 Å². The molecule has 2 atom stereocenters. The number of hydrogen-bond donors (Lipinski definition) is 4. The van der Waals surface area contributed by atoms with Crippen LogP contribution < -0.4 is 17.0 Å². The Morgan fingerprint density at radius 2 is 1.77 bits per heavy atom. The molecule has 0 bridgehead atoms. The maximum atomic E-state index is 14.7. The van der Waals surface area contributed by atoms with Crippen molar-refractivity contribution >= 4 is 11.8 Å². The van der Waals surface area contributed by atoms with E-state index < -0.39 is 47.6 Å². The fraction of sp³-hybridized carbons (Fsp3) is 0.414. The number of benzene rings is 2. The predicted octanol–water partition coefficient (Wildman–Crippen LogP) is 3.52. The number of carbonyl (C=O) groups is 2. The summed E-state index contributed by atoms with van der Waals surface area (Å²) in [6, 6.07) is 10.9. The minimum atomic E-state index is -0.990. The molecule has 2 amide bonds. The first-order chi connectivity index (χ1) is 19.0. The summed E-state index contributed by atoms with van der Waals surface area (Å²) in [6.07, 6.45) is 1.68. The van der Waals surface area contributed by atoms with Crippen LogP contribution in [0.25, 0.3) is 11.3 Å². The summed E-state index contributed by atoms with van der Waals surface area (Å²) in [6.45, 7) is 9.25. The third-order valence-electron chi connectivity index (χ3n) is 6.20. The van der Waals surface area contributed by atoms with Crippen molar-refractivity contribution in [2.75, 3.05) is 13.2 Å². The van der Waals surface area contributed by atoms with Gasteiger partial charge in [-0.15, -0.1) is 0 Å². The number of hydrazine groups is 1. The van der Waals surface area contributed by atoms with E-state index in [0.717, 1.165) is 23.8 Å². The van der Waals surface area contributed by atoms with Gasteiger partial charge in [-0.2, -0.15) is 0 Å². The standard InChI is InChI=1S/C27H34F2N6O3.C2H6/c1-27(2,3)24(35(23(37)16-36)12-11-21(30)26(38)33-31)25-32-22(19-13-18(28)9-10-20(19)29)15-34(25)14-17-7-5-4-6-8-17;1-2/h4-10,13,15,21,24,36H,11-12,14,16,30-31H2,1-3H3,(H,33,38);1-2H3. The summed E-state index contributed by atoms with van der Waals surface area (Å²) in [4.78, 5) is 31.0. The summed E-state index contributed by atoms with van der Waals surface area (Å²) in [5, 5.41) is 9.80. The molecule has 40 heavy (non-hydrogen) atoms.